The Hall–Kier alpha value is -0.950. The molecular weight excluding hydrogens is 242 g/mol. The minimum atomic E-state index is -3.33. The van der Waals surface area contributed by atoms with Crippen LogP contribution in [-0.4, -0.2) is 45.4 Å². The van der Waals surface area contributed by atoms with Crippen molar-refractivity contribution in [1.82, 2.24) is 14.8 Å². The number of rotatable bonds is 5. The summed E-state index contributed by atoms with van der Waals surface area (Å²) in [7, 11) is -3.33. The molecule has 0 amide bonds. The van der Waals surface area contributed by atoms with Crippen LogP contribution in [0.3, 0.4) is 0 Å². The van der Waals surface area contributed by atoms with Crippen molar-refractivity contribution >= 4 is 9.84 Å². The summed E-state index contributed by atoms with van der Waals surface area (Å²) in [5.41, 5.74) is 0. The molecule has 0 saturated carbocycles. The predicted octanol–water partition coefficient (Wildman–Crippen LogP) is 0.0246. The number of hydrogen-bond acceptors (Lipinski definition) is 5. The van der Waals surface area contributed by atoms with E-state index in [0.717, 1.165) is 6.26 Å². The van der Waals surface area contributed by atoms with E-state index in [1.54, 1.807) is 4.68 Å². The highest BCUT2D eigenvalue weighted by atomic mass is 32.2. The van der Waals surface area contributed by atoms with E-state index in [2.05, 4.69) is 10.1 Å². The van der Waals surface area contributed by atoms with E-state index in [-0.39, 0.29) is 6.42 Å². The number of nitrogens with zero attached hydrogens (tertiary/aromatic N) is 3. The molecule has 0 spiro atoms. The monoisotopic (exact) mass is 261 g/mol. The summed E-state index contributed by atoms with van der Waals surface area (Å²) < 4.78 is 23.6. The molecule has 1 aromatic rings. The lowest BCUT2D eigenvalue weighted by Crippen LogP contribution is -2.44. The van der Waals surface area contributed by atoms with Crippen LogP contribution in [0.2, 0.25) is 0 Å². The van der Waals surface area contributed by atoms with Gasteiger partial charge >= 0.3 is 0 Å². The molecule has 7 heteroatoms. The van der Waals surface area contributed by atoms with Gasteiger partial charge in [0.15, 0.2) is 9.84 Å². The number of aliphatic hydroxyl groups excluding tert-OH is 1. The van der Waals surface area contributed by atoms with E-state index in [4.69, 9.17) is 0 Å². The van der Waals surface area contributed by atoms with E-state index in [0.29, 0.717) is 12.4 Å². The molecule has 1 heterocycles. The first kappa shape index (κ1) is 14.1. The molecule has 0 bridgehead atoms. The zero-order chi connectivity index (χ0) is 13.3. The average molecular weight is 261 g/mol. The maximum absolute atomic E-state index is 11.6. The molecule has 1 atom stereocenters. The van der Waals surface area contributed by atoms with Crippen molar-refractivity contribution in [3.8, 4) is 0 Å². The lowest BCUT2D eigenvalue weighted by Gasteiger charge is -2.28. The zero-order valence-electron chi connectivity index (χ0n) is 10.6. The van der Waals surface area contributed by atoms with Gasteiger partial charge in [0, 0.05) is 19.2 Å². The summed E-state index contributed by atoms with van der Waals surface area (Å²) in [6.45, 7) is 5.58. The molecule has 0 fully saturated rings. The van der Waals surface area contributed by atoms with Gasteiger partial charge in [0.05, 0.1) is 10.9 Å². The third-order valence-electron chi connectivity index (χ3n) is 3.13. The predicted molar refractivity (Wildman–Crippen MR) is 64.3 cm³/mol. The van der Waals surface area contributed by atoms with Crippen molar-refractivity contribution in [3.05, 3.63) is 12.2 Å². The second kappa shape index (κ2) is 4.73. The molecule has 0 aromatic carbocycles. The van der Waals surface area contributed by atoms with Crippen LogP contribution in [0.1, 0.15) is 26.6 Å². The third-order valence-corrected chi connectivity index (χ3v) is 5.31. The Morgan fingerprint density at radius 3 is 2.59 bits per heavy atom. The summed E-state index contributed by atoms with van der Waals surface area (Å²) >= 11 is 0. The van der Waals surface area contributed by atoms with Crippen molar-refractivity contribution in [2.75, 3.05) is 6.26 Å². The van der Waals surface area contributed by atoms with Crippen LogP contribution < -0.4 is 0 Å². The van der Waals surface area contributed by atoms with Crippen LogP contribution in [0.25, 0.3) is 0 Å². The lowest BCUT2D eigenvalue weighted by molar-refractivity contribution is 0.134. The SMILES string of the molecule is CCn1ncnc1CC(O)C(C)(C)S(C)(=O)=O. The molecule has 17 heavy (non-hydrogen) atoms. The molecule has 0 aliphatic carbocycles. The van der Waals surface area contributed by atoms with Gasteiger partial charge in [-0.2, -0.15) is 5.10 Å². The highest BCUT2D eigenvalue weighted by Crippen LogP contribution is 2.22. The maximum Gasteiger partial charge on any atom is 0.155 e. The summed E-state index contributed by atoms with van der Waals surface area (Å²) in [6.07, 6.45) is 1.69. The van der Waals surface area contributed by atoms with Crippen molar-refractivity contribution in [3.63, 3.8) is 0 Å². The minimum absolute atomic E-state index is 0.175. The van der Waals surface area contributed by atoms with E-state index in [9.17, 15) is 13.5 Å². The van der Waals surface area contributed by atoms with E-state index >= 15 is 0 Å². The number of aryl methyl sites for hydroxylation is 1. The molecule has 1 unspecified atom stereocenters. The topological polar surface area (TPSA) is 85.1 Å². The molecule has 0 aliphatic heterocycles. The van der Waals surface area contributed by atoms with Crippen LogP contribution >= 0.6 is 0 Å². The smallest absolute Gasteiger partial charge is 0.155 e. The van der Waals surface area contributed by atoms with Gasteiger partial charge < -0.3 is 5.11 Å². The Morgan fingerprint density at radius 2 is 2.12 bits per heavy atom. The second-order valence-corrected chi connectivity index (χ2v) is 7.18. The first-order valence-electron chi connectivity index (χ1n) is 5.44. The Kier molecular flexibility index (Phi) is 3.93. The normalized spacial score (nSPS) is 14.9. The van der Waals surface area contributed by atoms with Crippen molar-refractivity contribution in [2.24, 2.45) is 0 Å². The molecule has 0 aliphatic rings. The first-order valence-corrected chi connectivity index (χ1v) is 7.33. The van der Waals surface area contributed by atoms with Crippen molar-refractivity contribution < 1.29 is 13.5 Å². The van der Waals surface area contributed by atoms with Crippen molar-refractivity contribution in [1.29, 1.82) is 0 Å². The Balaban J connectivity index is 2.90. The van der Waals surface area contributed by atoms with Crippen LogP contribution in [-0.2, 0) is 22.8 Å². The highest BCUT2D eigenvalue weighted by molar-refractivity contribution is 7.92. The summed E-state index contributed by atoms with van der Waals surface area (Å²) in [5, 5.41) is 14.0. The maximum atomic E-state index is 11.6. The van der Waals surface area contributed by atoms with Gasteiger partial charge in [-0.25, -0.2) is 13.4 Å². The Bertz CT molecular complexity index is 479. The highest BCUT2D eigenvalue weighted by Gasteiger charge is 2.38. The van der Waals surface area contributed by atoms with E-state index in [1.807, 2.05) is 6.92 Å². The van der Waals surface area contributed by atoms with Crippen LogP contribution in [0.5, 0.6) is 0 Å². The largest absolute Gasteiger partial charge is 0.391 e. The van der Waals surface area contributed by atoms with E-state index in [1.165, 1.54) is 20.2 Å². The van der Waals surface area contributed by atoms with Gasteiger partial charge in [0.25, 0.3) is 0 Å². The fourth-order valence-corrected chi connectivity index (χ4v) is 1.95. The lowest BCUT2D eigenvalue weighted by atomic mass is 10.0. The fraction of sp³-hybridized carbons (Fsp3) is 0.800. The minimum Gasteiger partial charge on any atom is -0.391 e. The molecule has 1 aromatic heterocycles. The number of aliphatic hydroxyl groups is 1. The zero-order valence-corrected chi connectivity index (χ0v) is 11.4. The van der Waals surface area contributed by atoms with Gasteiger partial charge in [-0.3, -0.25) is 4.68 Å². The fourth-order valence-electron chi connectivity index (χ4n) is 1.38. The summed E-state index contributed by atoms with van der Waals surface area (Å²) in [6, 6.07) is 0. The molecule has 0 saturated heterocycles. The summed E-state index contributed by atoms with van der Waals surface area (Å²) in [5.74, 6) is 0.594. The number of aromatic nitrogens is 3. The van der Waals surface area contributed by atoms with Gasteiger partial charge in [0.1, 0.15) is 12.2 Å². The van der Waals surface area contributed by atoms with Gasteiger partial charge in [0.2, 0.25) is 0 Å². The van der Waals surface area contributed by atoms with E-state index < -0.39 is 20.7 Å². The molecule has 1 rings (SSSR count). The van der Waals surface area contributed by atoms with Crippen LogP contribution in [0, 0.1) is 0 Å². The third kappa shape index (κ3) is 2.84. The molecular formula is C10H19N3O3S. The standard InChI is InChI=1S/C10H19N3O3S/c1-5-13-9(11-7-12-13)6-8(14)10(2,3)17(4,15)16/h7-8,14H,5-6H2,1-4H3. The van der Waals surface area contributed by atoms with Crippen LogP contribution in [0.15, 0.2) is 6.33 Å². The quantitative estimate of drug-likeness (QED) is 0.808. The van der Waals surface area contributed by atoms with Gasteiger partial charge in [-0.15, -0.1) is 0 Å². The Morgan fingerprint density at radius 1 is 1.53 bits per heavy atom. The second-order valence-electron chi connectivity index (χ2n) is 4.59. The summed E-state index contributed by atoms with van der Waals surface area (Å²) in [4.78, 5) is 4.02. The Labute approximate surface area is 102 Å². The van der Waals surface area contributed by atoms with Crippen molar-refractivity contribution in [2.45, 2.75) is 44.6 Å². The molecule has 98 valence electrons. The van der Waals surface area contributed by atoms with Gasteiger partial charge in [-0.1, -0.05) is 0 Å². The molecule has 0 radical (unpaired) electrons. The molecule has 1 N–H and O–H groups in total. The average Bonchev–Trinajstić information content (AvgIpc) is 2.63. The number of hydrogen-bond donors (Lipinski definition) is 1. The first-order chi connectivity index (χ1) is 7.70. The van der Waals surface area contributed by atoms with Gasteiger partial charge in [-0.05, 0) is 20.8 Å². The molecule has 6 nitrogen and oxygen atoms in total. The number of sulfone groups is 1. The van der Waals surface area contributed by atoms with Crippen LogP contribution in [0.4, 0.5) is 0 Å².